The predicted molar refractivity (Wildman–Crippen MR) is 76.7 cm³/mol. The second-order valence-electron chi connectivity index (χ2n) is 5.31. The molecule has 1 amide bonds. The highest BCUT2D eigenvalue weighted by molar-refractivity contribution is 6.30. The molecule has 1 fully saturated rings. The third-order valence-electron chi connectivity index (χ3n) is 4.08. The van der Waals surface area contributed by atoms with Crippen molar-refractivity contribution in [1.29, 1.82) is 0 Å². The Morgan fingerprint density at radius 2 is 2.20 bits per heavy atom. The summed E-state index contributed by atoms with van der Waals surface area (Å²) in [5.74, 6) is -0.845. The maximum absolute atomic E-state index is 12.2. The Bertz CT molecular complexity index is 532. The summed E-state index contributed by atoms with van der Waals surface area (Å²) < 4.78 is 0. The average Bonchev–Trinajstić information content (AvgIpc) is 2.84. The minimum Gasteiger partial charge on any atom is -0.481 e. The van der Waals surface area contributed by atoms with Crippen molar-refractivity contribution >= 4 is 23.5 Å². The number of carbonyl (C=O) groups excluding carboxylic acids is 1. The molecule has 20 heavy (non-hydrogen) atoms. The molecule has 0 radical (unpaired) electrons. The Morgan fingerprint density at radius 1 is 1.45 bits per heavy atom. The van der Waals surface area contributed by atoms with Gasteiger partial charge in [-0.1, -0.05) is 30.7 Å². The smallest absolute Gasteiger partial charge is 0.311 e. The van der Waals surface area contributed by atoms with Crippen LogP contribution in [0.1, 0.15) is 25.3 Å². The minimum absolute atomic E-state index is 0.0381. The normalized spacial score (nSPS) is 22.0. The third-order valence-corrected chi connectivity index (χ3v) is 4.32. The summed E-state index contributed by atoms with van der Waals surface area (Å²) >= 11 is 5.89. The Labute approximate surface area is 123 Å². The summed E-state index contributed by atoms with van der Waals surface area (Å²) in [5, 5.41) is 9.94. The van der Waals surface area contributed by atoms with Crippen LogP contribution in [0.15, 0.2) is 24.3 Å². The zero-order valence-electron chi connectivity index (χ0n) is 11.4. The number of carboxylic acid groups (broad SMARTS) is 1. The number of nitrogens with zero attached hydrogens (tertiary/aromatic N) is 1. The zero-order valence-corrected chi connectivity index (χ0v) is 12.2. The first kappa shape index (κ1) is 14.9. The van der Waals surface area contributed by atoms with Crippen LogP contribution in [0, 0.1) is 5.41 Å². The molecule has 1 aromatic carbocycles. The maximum atomic E-state index is 12.2. The molecular weight excluding hydrogens is 278 g/mol. The lowest BCUT2D eigenvalue weighted by molar-refractivity contribution is -0.148. The van der Waals surface area contributed by atoms with Gasteiger partial charge in [0.05, 0.1) is 11.8 Å². The number of aliphatic carboxylic acids is 1. The molecule has 1 atom stereocenters. The summed E-state index contributed by atoms with van der Waals surface area (Å²) in [5.41, 5.74) is 0.0797. The second-order valence-corrected chi connectivity index (χ2v) is 5.75. The van der Waals surface area contributed by atoms with Gasteiger partial charge in [-0.25, -0.2) is 0 Å². The van der Waals surface area contributed by atoms with E-state index in [-0.39, 0.29) is 12.3 Å². The standard InChI is InChI=1S/C15H18ClNO3/c1-2-15(14(19)20)6-7-17(10-15)13(18)9-11-4-3-5-12(16)8-11/h3-5,8H,2,6-7,9-10H2,1H3,(H,19,20). The summed E-state index contributed by atoms with van der Waals surface area (Å²) in [4.78, 5) is 25.3. The monoisotopic (exact) mass is 295 g/mol. The number of benzene rings is 1. The van der Waals surface area contributed by atoms with Crippen molar-refractivity contribution in [3.63, 3.8) is 0 Å². The van der Waals surface area contributed by atoms with Crippen LogP contribution in [0.4, 0.5) is 0 Å². The van der Waals surface area contributed by atoms with Gasteiger partial charge in [0.25, 0.3) is 0 Å². The number of carboxylic acids is 1. The SMILES string of the molecule is CCC1(C(=O)O)CCN(C(=O)Cc2cccc(Cl)c2)C1. The number of halogens is 1. The molecule has 5 heteroatoms. The van der Waals surface area contributed by atoms with Gasteiger partial charge in [-0.15, -0.1) is 0 Å². The summed E-state index contributed by atoms with van der Waals surface area (Å²) in [7, 11) is 0. The van der Waals surface area contributed by atoms with Crippen molar-refractivity contribution in [2.24, 2.45) is 5.41 Å². The molecule has 4 nitrogen and oxygen atoms in total. The Balaban J connectivity index is 2.03. The highest BCUT2D eigenvalue weighted by Crippen LogP contribution is 2.34. The first-order valence-electron chi connectivity index (χ1n) is 6.72. The van der Waals surface area contributed by atoms with E-state index in [9.17, 15) is 14.7 Å². The molecule has 1 heterocycles. The van der Waals surface area contributed by atoms with E-state index in [2.05, 4.69) is 0 Å². The van der Waals surface area contributed by atoms with E-state index in [1.807, 2.05) is 19.1 Å². The molecule has 1 N–H and O–H groups in total. The van der Waals surface area contributed by atoms with E-state index in [0.29, 0.717) is 31.0 Å². The van der Waals surface area contributed by atoms with Gasteiger partial charge in [0.15, 0.2) is 0 Å². The third kappa shape index (κ3) is 2.96. The van der Waals surface area contributed by atoms with Gasteiger partial charge in [0, 0.05) is 18.1 Å². The minimum atomic E-state index is -0.807. The van der Waals surface area contributed by atoms with Gasteiger partial charge >= 0.3 is 5.97 Å². The zero-order chi connectivity index (χ0) is 14.8. The molecule has 0 bridgehead atoms. The van der Waals surface area contributed by atoms with Crippen LogP contribution in [0.25, 0.3) is 0 Å². The van der Waals surface area contributed by atoms with Crippen LogP contribution < -0.4 is 0 Å². The summed E-state index contributed by atoms with van der Waals surface area (Å²) in [6, 6.07) is 7.18. The molecule has 1 aliphatic heterocycles. The van der Waals surface area contributed by atoms with E-state index in [0.717, 1.165) is 5.56 Å². The highest BCUT2D eigenvalue weighted by Gasteiger charge is 2.44. The van der Waals surface area contributed by atoms with Crippen LogP contribution in [0.5, 0.6) is 0 Å². The van der Waals surface area contributed by atoms with Crippen LogP contribution >= 0.6 is 11.6 Å². The van der Waals surface area contributed by atoms with Gasteiger partial charge in [0.2, 0.25) is 5.91 Å². The van der Waals surface area contributed by atoms with E-state index in [1.165, 1.54) is 0 Å². The Hall–Kier alpha value is -1.55. The van der Waals surface area contributed by atoms with Crippen LogP contribution in [-0.4, -0.2) is 35.0 Å². The molecule has 1 saturated heterocycles. The van der Waals surface area contributed by atoms with Crippen molar-refractivity contribution in [3.05, 3.63) is 34.9 Å². The highest BCUT2D eigenvalue weighted by atomic mass is 35.5. The number of likely N-dealkylation sites (tertiary alicyclic amines) is 1. The maximum Gasteiger partial charge on any atom is 0.311 e. The topological polar surface area (TPSA) is 57.6 Å². The average molecular weight is 296 g/mol. The molecule has 0 spiro atoms. The molecular formula is C15H18ClNO3. The molecule has 108 valence electrons. The predicted octanol–water partition coefficient (Wildman–Crippen LogP) is 2.60. The van der Waals surface area contributed by atoms with E-state index < -0.39 is 11.4 Å². The number of amides is 1. The van der Waals surface area contributed by atoms with Crippen LogP contribution in [-0.2, 0) is 16.0 Å². The fourth-order valence-corrected chi connectivity index (χ4v) is 2.85. The fraction of sp³-hybridized carbons (Fsp3) is 0.467. The first-order valence-corrected chi connectivity index (χ1v) is 7.10. The Kier molecular flexibility index (Phi) is 4.33. The lowest BCUT2D eigenvalue weighted by atomic mass is 9.84. The molecule has 1 unspecified atom stereocenters. The molecule has 0 aliphatic carbocycles. The van der Waals surface area contributed by atoms with Gasteiger partial charge in [0.1, 0.15) is 0 Å². The van der Waals surface area contributed by atoms with Crippen LogP contribution in [0.3, 0.4) is 0 Å². The van der Waals surface area contributed by atoms with Gasteiger partial charge in [-0.05, 0) is 30.5 Å². The van der Waals surface area contributed by atoms with Crippen molar-refractivity contribution in [2.45, 2.75) is 26.2 Å². The van der Waals surface area contributed by atoms with Crippen molar-refractivity contribution < 1.29 is 14.7 Å². The summed E-state index contributed by atoms with van der Waals surface area (Å²) in [6.45, 7) is 2.68. The number of carbonyl (C=O) groups is 2. The quantitative estimate of drug-likeness (QED) is 0.929. The fourth-order valence-electron chi connectivity index (χ4n) is 2.63. The first-order chi connectivity index (χ1) is 9.47. The van der Waals surface area contributed by atoms with Gasteiger partial charge in [-0.3, -0.25) is 9.59 Å². The molecule has 0 aromatic heterocycles. The lowest BCUT2D eigenvalue weighted by Crippen LogP contribution is -2.37. The van der Waals surface area contributed by atoms with Gasteiger partial charge in [-0.2, -0.15) is 0 Å². The van der Waals surface area contributed by atoms with Gasteiger partial charge < -0.3 is 10.0 Å². The summed E-state index contributed by atoms with van der Waals surface area (Å²) in [6.07, 6.45) is 1.34. The van der Waals surface area contributed by atoms with Crippen LogP contribution in [0.2, 0.25) is 5.02 Å². The second kappa shape index (κ2) is 5.83. The van der Waals surface area contributed by atoms with Crippen molar-refractivity contribution in [2.75, 3.05) is 13.1 Å². The molecule has 1 aliphatic rings. The van der Waals surface area contributed by atoms with Crippen molar-refractivity contribution in [3.8, 4) is 0 Å². The molecule has 0 saturated carbocycles. The Morgan fingerprint density at radius 3 is 2.75 bits per heavy atom. The van der Waals surface area contributed by atoms with E-state index in [4.69, 9.17) is 11.6 Å². The number of hydrogen-bond acceptors (Lipinski definition) is 2. The largest absolute Gasteiger partial charge is 0.481 e. The number of rotatable bonds is 4. The van der Waals surface area contributed by atoms with E-state index >= 15 is 0 Å². The molecule has 1 aromatic rings. The van der Waals surface area contributed by atoms with Crippen molar-refractivity contribution in [1.82, 2.24) is 4.90 Å². The lowest BCUT2D eigenvalue weighted by Gasteiger charge is -2.23. The molecule has 2 rings (SSSR count). The number of hydrogen-bond donors (Lipinski definition) is 1. The van der Waals surface area contributed by atoms with E-state index in [1.54, 1.807) is 17.0 Å².